The number of quaternary nitrogens is 1. The Bertz CT molecular complexity index is 1160. The smallest absolute Gasteiger partial charge is 0.341 e. The Morgan fingerprint density at radius 3 is 2.49 bits per heavy atom. The van der Waals surface area contributed by atoms with Crippen molar-refractivity contribution in [3.05, 3.63) is 77.5 Å². The van der Waals surface area contributed by atoms with Gasteiger partial charge in [0.2, 0.25) is 0 Å². The molecule has 0 bridgehead atoms. The van der Waals surface area contributed by atoms with E-state index >= 15 is 0 Å². The SMILES string of the molecule is COC(=O)c1ccccc1OCCC[N+](C)(C)Cc1nnc(C(O)(c2ccccc2)C2CCCCC2)o1. The lowest BCUT2D eigenvalue weighted by Gasteiger charge is -2.36. The highest BCUT2D eigenvalue weighted by molar-refractivity contribution is 5.92. The van der Waals surface area contributed by atoms with Crippen LogP contribution in [0.5, 0.6) is 5.75 Å². The van der Waals surface area contributed by atoms with E-state index in [0.29, 0.717) is 34.8 Å². The number of aliphatic hydroxyl groups is 1. The number of benzene rings is 2. The minimum Gasteiger partial charge on any atom is -0.492 e. The molecule has 198 valence electrons. The molecule has 0 amide bonds. The normalized spacial score (nSPS) is 16.2. The van der Waals surface area contributed by atoms with Gasteiger partial charge in [-0.3, -0.25) is 0 Å². The highest BCUT2D eigenvalue weighted by Gasteiger charge is 2.45. The second kappa shape index (κ2) is 11.9. The first kappa shape index (κ1) is 26.8. The number of esters is 1. The van der Waals surface area contributed by atoms with Crippen LogP contribution in [0.2, 0.25) is 0 Å². The number of aromatic nitrogens is 2. The van der Waals surface area contributed by atoms with Gasteiger partial charge in [-0.2, -0.15) is 0 Å². The van der Waals surface area contributed by atoms with Crippen molar-refractivity contribution in [2.45, 2.75) is 50.7 Å². The molecule has 1 saturated carbocycles. The number of hydrogen-bond donors (Lipinski definition) is 1. The maximum atomic E-state index is 12.0. The molecule has 1 N–H and O–H groups in total. The third-order valence-corrected chi connectivity index (χ3v) is 7.22. The average Bonchev–Trinajstić information content (AvgIpc) is 3.39. The van der Waals surface area contributed by atoms with Crippen LogP contribution in [0.1, 0.15) is 66.2 Å². The molecule has 1 aromatic heterocycles. The van der Waals surface area contributed by atoms with Gasteiger partial charge in [0.15, 0.2) is 12.1 Å². The fourth-order valence-electron chi connectivity index (χ4n) is 5.21. The van der Waals surface area contributed by atoms with Crippen molar-refractivity contribution in [2.24, 2.45) is 5.92 Å². The molecular weight excluding hydrogens is 470 g/mol. The molecule has 2 aromatic carbocycles. The largest absolute Gasteiger partial charge is 0.492 e. The number of para-hydroxylation sites is 1. The summed E-state index contributed by atoms with van der Waals surface area (Å²) < 4.78 is 17.5. The Hall–Kier alpha value is -3.23. The lowest BCUT2D eigenvalue weighted by Crippen LogP contribution is -2.40. The molecule has 0 radical (unpaired) electrons. The average molecular weight is 509 g/mol. The molecule has 4 rings (SSSR count). The van der Waals surface area contributed by atoms with E-state index in [9.17, 15) is 9.90 Å². The quantitative estimate of drug-likeness (QED) is 0.228. The summed E-state index contributed by atoms with van der Waals surface area (Å²) in [6.07, 6.45) is 6.01. The van der Waals surface area contributed by atoms with Gasteiger partial charge < -0.3 is 23.5 Å². The Morgan fingerprint density at radius 1 is 1.05 bits per heavy atom. The van der Waals surface area contributed by atoms with Crippen LogP contribution in [0, 0.1) is 5.92 Å². The zero-order chi connectivity index (χ0) is 26.3. The van der Waals surface area contributed by atoms with E-state index in [2.05, 4.69) is 24.3 Å². The third-order valence-electron chi connectivity index (χ3n) is 7.22. The Morgan fingerprint density at radius 2 is 1.76 bits per heavy atom. The number of hydrogen-bond acceptors (Lipinski definition) is 7. The monoisotopic (exact) mass is 508 g/mol. The van der Waals surface area contributed by atoms with Crippen LogP contribution in [-0.2, 0) is 16.9 Å². The van der Waals surface area contributed by atoms with Gasteiger partial charge in [-0.1, -0.05) is 61.7 Å². The molecule has 0 spiro atoms. The van der Waals surface area contributed by atoms with E-state index in [1.807, 2.05) is 36.4 Å². The molecule has 1 aliphatic rings. The van der Waals surface area contributed by atoms with Crippen molar-refractivity contribution < 1.29 is 28.3 Å². The lowest BCUT2D eigenvalue weighted by molar-refractivity contribution is -0.905. The van der Waals surface area contributed by atoms with Crippen molar-refractivity contribution in [3.8, 4) is 5.75 Å². The van der Waals surface area contributed by atoms with Crippen LogP contribution in [0.25, 0.3) is 0 Å². The van der Waals surface area contributed by atoms with E-state index in [1.54, 1.807) is 18.2 Å². The number of nitrogens with zero attached hydrogens (tertiary/aromatic N) is 3. The predicted molar refractivity (Wildman–Crippen MR) is 139 cm³/mol. The van der Waals surface area contributed by atoms with E-state index in [1.165, 1.54) is 13.5 Å². The molecule has 1 heterocycles. The summed E-state index contributed by atoms with van der Waals surface area (Å²) in [4.78, 5) is 11.9. The molecule has 1 atom stereocenters. The highest BCUT2D eigenvalue weighted by Crippen LogP contribution is 2.43. The standard InChI is InChI=1S/C29H38N3O5/c1-32(2,19-12-20-36-25-18-11-10-17-24(25)27(33)35-3)21-26-30-31-28(37-26)29(34,22-13-6-4-7-14-22)23-15-8-5-9-16-23/h4,6-7,10-11,13-14,17-18,23,34H,5,8-9,12,15-16,19-21H2,1-3H3/q+1. The fourth-order valence-corrected chi connectivity index (χ4v) is 5.21. The maximum Gasteiger partial charge on any atom is 0.341 e. The van der Waals surface area contributed by atoms with Crippen LogP contribution in [0.4, 0.5) is 0 Å². The highest BCUT2D eigenvalue weighted by atomic mass is 16.5. The first-order chi connectivity index (χ1) is 17.8. The van der Waals surface area contributed by atoms with Gasteiger partial charge in [0.25, 0.3) is 11.8 Å². The Labute approximate surface area is 218 Å². The molecule has 3 aromatic rings. The summed E-state index contributed by atoms with van der Waals surface area (Å²) in [5, 5.41) is 20.7. The van der Waals surface area contributed by atoms with Gasteiger partial charge in [-0.15, -0.1) is 10.2 Å². The molecule has 1 unspecified atom stereocenters. The van der Waals surface area contributed by atoms with E-state index in [0.717, 1.165) is 44.2 Å². The number of carbonyl (C=O) groups excluding carboxylic acids is 1. The first-order valence-corrected chi connectivity index (χ1v) is 13.1. The van der Waals surface area contributed by atoms with E-state index < -0.39 is 11.6 Å². The number of methoxy groups -OCH3 is 1. The summed E-state index contributed by atoms with van der Waals surface area (Å²) >= 11 is 0. The van der Waals surface area contributed by atoms with Crippen LogP contribution >= 0.6 is 0 Å². The topological polar surface area (TPSA) is 94.7 Å². The van der Waals surface area contributed by atoms with Gasteiger partial charge in [-0.25, -0.2) is 4.79 Å². The summed E-state index contributed by atoms with van der Waals surface area (Å²) in [6.45, 7) is 1.78. The lowest BCUT2D eigenvalue weighted by atomic mass is 9.73. The summed E-state index contributed by atoms with van der Waals surface area (Å²) in [5.74, 6) is 0.932. The summed E-state index contributed by atoms with van der Waals surface area (Å²) in [6, 6.07) is 16.8. The van der Waals surface area contributed by atoms with Crippen molar-refractivity contribution in [2.75, 3.05) is 34.4 Å². The van der Waals surface area contributed by atoms with Crippen molar-refractivity contribution in [1.29, 1.82) is 0 Å². The van der Waals surface area contributed by atoms with E-state index in [4.69, 9.17) is 13.9 Å². The molecule has 0 aliphatic heterocycles. The maximum absolute atomic E-state index is 12.0. The van der Waals surface area contributed by atoms with E-state index in [-0.39, 0.29) is 11.8 Å². The zero-order valence-electron chi connectivity index (χ0n) is 22.1. The van der Waals surface area contributed by atoms with Crippen LogP contribution in [0.3, 0.4) is 0 Å². The first-order valence-electron chi connectivity index (χ1n) is 13.1. The number of rotatable bonds is 11. The van der Waals surface area contributed by atoms with Gasteiger partial charge in [0, 0.05) is 12.3 Å². The van der Waals surface area contributed by atoms with Crippen LogP contribution in [0.15, 0.2) is 59.0 Å². The van der Waals surface area contributed by atoms with Crippen molar-refractivity contribution in [1.82, 2.24) is 10.2 Å². The van der Waals surface area contributed by atoms with Gasteiger partial charge in [0.05, 0.1) is 34.4 Å². The molecule has 37 heavy (non-hydrogen) atoms. The molecule has 1 fully saturated rings. The molecular formula is C29H38N3O5+. The van der Waals surface area contributed by atoms with Gasteiger partial charge in [-0.05, 0) is 30.5 Å². The van der Waals surface area contributed by atoms with Crippen molar-refractivity contribution in [3.63, 3.8) is 0 Å². The Balaban J connectivity index is 1.40. The second-order valence-electron chi connectivity index (χ2n) is 10.5. The summed E-state index contributed by atoms with van der Waals surface area (Å²) in [7, 11) is 5.55. The molecule has 1 aliphatic carbocycles. The molecule has 8 nitrogen and oxygen atoms in total. The molecule has 8 heteroatoms. The Kier molecular flexibility index (Phi) is 8.61. The molecule has 0 saturated heterocycles. The fraction of sp³-hybridized carbons (Fsp3) is 0.483. The predicted octanol–water partition coefficient (Wildman–Crippen LogP) is 4.72. The minimum atomic E-state index is -1.29. The van der Waals surface area contributed by atoms with Crippen LogP contribution < -0.4 is 4.74 Å². The van der Waals surface area contributed by atoms with Gasteiger partial charge >= 0.3 is 5.97 Å². The van der Waals surface area contributed by atoms with Crippen LogP contribution in [-0.4, -0.2) is 60.1 Å². The van der Waals surface area contributed by atoms with Crippen molar-refractivity contribution >= 4 is 5.97 Å². The number of carbonyl (C=O) groups is 1. The third kappa shape index (κ3) is 6.37. The zero-order valence-corrected chi connectivity index (χ0v) is 22.1. The summed E-state index contributed by atoms with van der Waals surface area (Å²) in [5.41, 5.74) is -0.0680. The second-order valence-corrected chi connectivity index (χ2v) is 10.5. The van der Waals surface area contributed by atoms with Gasteiger partial charge in [0.1, 0.15) is 11.3 Å². The number of ether oxygens (including phenoxy) is 2. The minimum absolute atomic E-state index is 0.0458.